The molecule has 3 nitrogen and oxygen atoms in total. The highest BCUT2D eigenvalue weighted by Crippen LogP contribution is 2.14. The first kappa shape index (κ1) is 13.4. The zero-order valence-electron chi connectivity index (χ0n) is 11.2. The number of nitrogens with zero attached hydrogens (tertiary/aromatic N) is 2. The summed E-state index contributed by atoms with van der Waals surface area (Å²) in [6.07, 6.45) is 5.28. The number of hydrogen-bond donors (Lipinski definition) is 1. The molecule has 1 fully saturated rings. The lowest BCUT2D eigenvalue weighted by atomic mass is 10.1. The Morgan fingerprint density at radius 3 is 3.06 bits per heavy atom. The van der Waals surface area contributed by atoms with E-state index >= 15 is 0 Å². The largest absolute Gasteiger partial charge is 0.313 e. The molecule has 1 aromatic heterocycles. The summed E-state index contributed by atoms with van der Waals surface area (Å²) in [6.45, 7) is 7.32. The monoisotopic (exact) mass is 251 g/mol. The average molecular weight is 251 g/mol. The van der Waals surface area contributed by atoms with Crippen LogP contribution in [0.5, 0.6) is 0 Å². The van der Waals surface area contributed by atoms with Crippen molar-refractivity contribution in [3.05, 3.63) is 29.8 Å². The van der Waals surface area contributed by atoms with E-state index in [1.165, 1.54) is 6.20 Å². The van der Waals surface area contributed by atoms with Crippen LogP contribution in [0.4, 0.5) is 4.39 Å². The number of aromatic nitrogens is 1. The Morgan fingerprint density at radius 1 is 1.50 bits per heavy atom. The highest BCUT2D eigenvalue weighted by Gasteiger charge is 2.21. The molecule has 2 unspecified atom stereocenters. The predicted octanol–water partition coefficient (Wildman–Crippen LogP) is 2.18. The minimum absolute atomic E-state index is 0.250. The van der Waals surface area contributed by atoms with E-state index in [0.717, 1.165) is 38.0 Å². The fraction of sp³-hybridized carbons (Fsp3) is 0.643. The molecule has 2 heterocycles. The van der Waals surface area contributed by atoms with Gasteiger partial charge in [-0.05, 0) is 37.9 Å². The second-order valence-corrected chi connectivity index (χ2v) is 5.14. The molecule has 2 atom stereocenters. The third-order valence-electron chi connectivity index (χ3n) is 3.71. The van der Waals surface area contributed by atoms with E-state index in [9.17, 15) is 4.39 Å². The molecule has 0 saturated carbocycles. The van der Waals surface area contributed by atoms with Crippen molar-refractivity contribution in [1.29, 1.82) is 0 Å². The van der Waals surface area contributed by atoms with E-state index < -0.39 is 0 Å². The molecule has 100 valence electrons. The molecule has 1 aliphatic rings. The Morgan fingerprint density at radius 2 is 2.33 bits per heavy atom. The van der Waals surface area contributed by atoms with Gasteiger partial charge >= 0.3 is 0 Å². The van der Waals surface area contributed by atoms with Crippen LogP contribution in [-0.2, 0) is 6.54 Å². The van der Waals surface area contributed by atoms with Crippen LogP contribution in [0.1, 0.15) is 32.3 Å². The van der Waals surface area contributed by atoms with Gasteiger partial charge in [0.25, 0.3) is 0 Å². The van der Waals surface area contributed by atoms with Gasteiger partial charge in [0.05, 0.1) is 6.20 Å². The summed E-state index contributed by atoms with van der Waals surface area (Å²) in [5, 5.41) is 3.56. The zero-order chi connectivity index (χ0) is 13.0. The van der Waals surface area contributed by atoms with E-state index in [1.54, 1.807) is 12.3 Å². The van der Waals surface area contributed by atoms with Crippen LogP contribution >= 0.6 is 0 Å². The van der Waals surface area contributed by atoms with Gasteiger partial charge in [0.2, 0.25) is 0 Å². The number of rotatable bonds is 3. The smallest absolute Gasteiger partial charge is 0.141 e. The molecule has 1 aromatic rings. The first-order valence-corrected chi connectivity index (χ1v) is 6.76. The van der Waals surface area contributed by atoms with Crippen molar-refractivity contribution in [1.82, 2.24) is 15.2 Å². The summed E-state index contributed by atoms with van der Waals surface area (Å²) in [5.41, 5.74) is 0.957. The summed E-state index contributed by atoms with van der Waals surface area (Å²) in [7, 11) is 0. The molecule has 2 rings (SSSR count). The number of hydrogen-bond acceptors (Lipinski definition) is 3. The molecule has 1 N–H and O–H groups in total. The minimum atomic E-state index is -0.250. The molecule has 0 amide bonds. The summed E-state index contributed by atoms with van der Waals surface area (Å²) in [5.74, 6) is -0.250. The van der Waals surface area contributed by atoms with Crippen molar-refractivity contribution >= 4 is 0 Å². The van der Waals surface area contributed by atoms with Crippen LogP contribution in [-0.4, -0.2) is 35.1 Å². The van der Waals surface area contributed by atoms with E-state index in [2.05, 4.69) is 29.0 Å². The van der Waals surface area contributed by atoms with Gasteiger partial charge in [-0.3, -0.25) is 9.88 Å². The second kappa shape index (κ2) is 6.25. The highest BCUT2D eigenvalue weighted by atomic mass is 19.1. The van der Waals surface area contributed by atoms with Crippen molar-refractivity contribution in [3.8, 4) is 0 Å². The van der Waals surface area contributed by atoms with Crippen LogP contribution in [0.2, 0.25) is 0 Å². The summed E-state index contributed by atoms with van der Waals surface area (Å²) in [6, 6.07) is 2.65. The van der Waals surface area contributed by atoms with Gasteiger partial charge in [0, 0.05) is 31.4 Å². The molecular formula is C14H22FN3. The van der Waals surface area contributed by atoms with Gasteiger partial charge in [-0.2, -0.15) is 0 Å². The second-order valence-electron chi connectivity index (χ2n) is 5.14. The molecule has 0 radical (unpaired) electrons. The van der Waals surface area contributed by atoms with E-state index in [-0.39, 0.29) is 5.82 Å². The minimum Gasteiger partial charge on any atom is -0.313 e. The van der Waals surface area contributed by atoms with Crippen LogP contribution < -0.4 is 5.32 Å². The van der Waals surface area contributed by atoms with Crippen molar-refractivity contribution in [3.63, 3.8) is 0 Å². The van der Waals surface area contributed by atoms with Crippen molar-refractivity contribution in [2.24, 2.45) is 0 Å². The number of pyridine rings is 1. The Bertz CT molecular complexity index is 383. The van der Waals surface area contributed by atoms with Gasteiger partial charge in [-0.25, -0.2) is 4.39 Å². The van der Waals surface area contributed by atoms with E-state index in [1.807, 2.05) is 0 Å². The molecule has 1 saturated heterocycles. The van der Waals surface area contributed by atoms with Crippen LogP contribution in [0.3, 0.4) is 0 Å². The average Bonchev–Trinajstić information content (AvgIpc) is 2.52. The Balaban J connectivity index is 2.05. The van der Waals surface area contributed by atoms with E-state index in [4.69, 9.17) is 0 Å². The molecule has 0 bridgehead atoms. The van der Waals surface area contributed by atoms with Gasteiger partial charge in [-0.1, -0.05) is 6.92 Å². The third kappa shape index (κ3) is 3.50. The van der Waals surface area contributed by atoms with Crippen molar-refractivity contribution < 1.29 is 4.39 Å². The molecular weight excluding hydrogens is 229 g/mol. The lowest BCUT2D eigenvalue weighted by Crippen LogP contribution is -2.39. The molecule has 18 heavy (non-hydrogen) atoms. The number of nitrogens with one attached hydrogen (secondary N) is 1. The van der Waals surface area contributed by atoms with Gasteiger partial charge in [-0.15, -0.1) is 0 Å². The van der Waals surface area contributed by atoms with Gasteiger partial charge in [0.1, 0.15) is 5.82 Å². The first-order chi connectivity index (χ1) is 8.69. The molecule has 0 spiro atoms. The van der Waals surface area contributed by atoms with Gasteiger partial charge in [0.15, 0.2) is 0 Å². The quantitative estimate of drug-likeness (QED) is 0.892. The standard InChI is InChI=1S/C14H22FN3/c1-3-14-10-18(11(2)4-5-17-14)9-12-6-13(15)8-16-7-12/h6-8,11,14,17H,3-5,9-10H2,1-2H3. The summed E-state index contributed by atoms with van der Waals surface area (Å²) >= 11 is 0. The van der Waals surface area contributed by atoms with Crippen LogP contribution in [0, 0.1) is 5.82 Å². The number of halogens is 1. The topological polar surface area (TPSA) is 28.2 Å². The fourth-order valence-corrected chi connectivity index (χ4v) is 2.48. The zero-order valence-corrected chi connectivity index (χ0v) is 11.2. The van der Waals surface area contributed by atoms with E-state index in [0.29, 0.717) is 12.1 Å². The fourth-order valence-electron chi connectivity index (χ4n) is 2.48. The molecule has 1 aliphatic heterocycles. The lowest BCUT2D eigenvalue weighted by molar-refractivity contribution is 0.194. The molecule has 0 aliphatic carbocycles. The maximum atomic E-state index is 13.1. The SMILES string of the molecule is CCC1CN(Cc2cncc(F)c2)C(C)CCN1. The van der Waals surface area contributed by atoms with Gasteiger partial charge < -0.3 is 5.32 Å². The lowest BCUT2D eigenvalue weighted by Gasteiger charge is -2.28. The van der Waals surface area contributed by atoms with Crippen LogP contribution in [0.25, 0.3) is 0 Å². The Labute approximate surface area is 108 Å². The third-order valence-corrected chi connectivity index (χ3v) is 3.71. The summed E-state index contributed by atoms with van der Waals surface area (Å²) in [4.78, 5) is 6.34. The maximum Gasteiger partial charge on any atom is 0.141 e. The normalized spacial score (nSPS) is 25.9. The first-order valence-electron chi connectivity index (χ1n) is 6.76. The highest BCUT2D eigenvalue weighted by molar-refractivity contribution is 5.10. The maximum absolute atomic E-state index is 13.1. The predicted molar refractivity (Wildman–Crippen MR) is 70.8 cm³/mol. The van der Waals surface area contributed by atoms with Crippen molar-refractivity contribution in [2.75, 3.05) is 13.1 Å². The summed E-state index contributed by atoms with van der Waals surface area (Å²) < 4.78 is 13.1. The molecule has 0 aromatic carbocycles. The van der Waals surface area contributed by atoms with Crippen LogP contribution in [0.15, 0.2) is 18.5 Å². The Hall–Kier alpha value is -1.00. The molecule has 4 heteroatoms. The Kier molecular flexibility index (Phi) is 4.66. The van der Waals surface area contributed by atoms with Crippen molar-refractivity contribution in [2.45, 2.75) is 45.3 Å².